The molecule has 492 valence electrons. The first kappa shape index (κ1) is 68.9. The maximum absolute atomic E-state index is 14.2. The van der Waals surface area contributed by atoms with Gasteiger partial charge in [0, 0.05) is 89.1 Å². The number of rotatable bonds is 35. The number of ether oxygens (including phenoxy) is 7. The van der Waals surface area contributed by atoms with Crippen molar-refractivity contribution in [2.24, 2.45) is 5.41 Å². The summed E-state index contributed by atoms with van der Waals surface area (Å²) in [5, 5.41) is 23.7. The molecule has 8 rings (SSSR count). The molecule has 0 unspecified atom stereocenters. The Kier molecular flexibility index (Phi) is 26.7. The van der Waals surface area contributed by atoms with Crippen molar-refractivity contribution in [3.63, 3.8) is 0 Å². The van der Waals surface area contributed by atoms with Gasteiger partial charge in [0.2, 0.25) is 29.6 Å². The number of nitrogens with one attached hydrogen (secondary N) is 4. The summed E-state index contributed by atoms with van der Waals surface area (Å²) < 4.78 is 68.1. The van der Waals surface area contributed by atoms with E-state index in [0.717, 1.165) is 92.0 Å². The predicted octanol–water partition coefficient (Wildman–Crippen LogP) is 5.45. The van der Waals surface area contributed by atoms with Gasteiger partial charge in [-0.1, -0.05) is 45.0 Å². The van der Waals surface area contributed by atoms with E-state index < -0.39 is 41.3 Å². The molecule has 6 heterocycles. The number of amides is 4. The van der Waals surface area contributed by atoms with Crippen LogP contribution in [0.3, 0.4) is 0 Å². The number of hydrogen-bond donors (Lipinski definition) is 5. The van der Waals surface area contributed by atoms with Crippen LogP contribution in [0.5, 0.6) is 11.5 Å². The van der Waals surface area contributed by atoms with Gasteiger partial charge in [-0.2, -0.15) is 4.98 Å². The maximum atomic E-state index is 14.2. The van der Waals surface area contributed by atoms with Gasteiger partial charge in [0.05, 0.1) is 94.3 Å². The molecule has 26 heteroatoms. The molecule has 4 aliphatic rings. The molecule has 89 heavy (non-hydrogen) atoms. The number of fused-ring (bicyclic) bond motifs is 1. The standard InChI is InChI=1S/C63H93F2N11O12S/c1-44-56(89-43-68-44)46-12-10-45(11-13-46)39-67-59(80)51-36-48(77)40-76(51)60(81)57(62(2,3)4)71-55(79)42-87-35-33-85-31-29-83-28-30-84-32-34-86-41-54(78)66-18-8-21-74-23-14-47(15-24-74)69-58-49-37-52(82-5)53(88-27-9-22-73-19-6-7-20-73)38-50(49)70-61(72-58)75-25-16-63(64,65)17-26-75/h10-13,37-38,43,47-48,51,57,77H,6-9,14-36,39-42H2,1-5H3,(H,66,78)(H,67,80)(H,71,79)(H,69,70,72)/t48-,51+,57-/m1/s1. The van der Waals surface area contributed by atoms with E-state index in [4.69, 9.17) is 43.1 Å². The van der Waals surface area contributed by atoms with Crippen LogP contribution < -0.4 is 35.6 Å². The molecular weight excluding hydrogens is 1170 g/mol. The Morgan fingerprint density at radius 2 is 1.40 bits per heavy atom. The first-order chi connectivity index (χ1) is 42.9. The van der Waals surface area contributed by atoms with E-state index >= 15 is 0 Å². The highest BCUT2D eigenvalue weighted by molar-refractivity contribution is 7.13. The molecule has 23 nitrogen and oxygen atoms in total. The molecule has 0 spiro atoms. The summed E-state index contributed by atoms with van der Waals surface area (Å²) in [5.74, 6) is -1.96. The first-order valence-electron chi connectivity index (χ1n) is 31.5. The van der Waals surface area contributed by atoms with E-state index in [9.17, 15) is 33.1 Å². The predicted molar refractivity (Wildman–Crippen MR) is 335 cm³/mol. The average Bonchev–Trinajstić information content (AvgIpc) is 1.87. The van der Waals surface area contributed by atoms with Crippen molar-refractivity contribution in [3.05, 3.63) is 53.2 Å². The van der Waals surface area contributed by atoms with Gasteiger partial charge in [0.15, 0.2) is 11.5 Å². The van der Waals surface area contributed by atoms with Gasteiger partial charge in [-0.25, -0.2) is 18.7 Å². The van der Waals surface area contributed by atoms with E-state index in [2.05, 4.69) is 36.1 Å². The number of thiazole rings is 1. The number of alkyl halides is 2. The topological polar surface area (TPSA) is 253 Å². The molecule has 0 radical (unpaired) electrons. The Bertz CT molecular complexity index is 2860. The second-order valence-corrected chi connectivity index (χ2v) is 25.2. The van der Waals surface area contributed by atoms with Crippen molar-refractivity contribution in [2.45, 2.75) is 122 Å². The van der Waals surface area contributed by atoms with E-state index in [-0.39, 0.29) is 96.3 Å². The number of β-amino-alcohol motifs (C(OH)–C–C–N with tert-alkyl or cyclic N) is 1. The molecular formula is C63H93F2N11O12S. The van der Waals surface area contributed by atoms with Crippen LogP contribution in [0.2, 0.25) is 0 Å². The van der Waals surface area contributed by atoms with Crippen LogP contribution in [0.25, 0.3) is 21.3 Å². The van der Waals surface area contributed by atoms with Crippen molar-refractivity contribution in [2.75, 3.05) is 155 Å². The number of anilines is 2. The number of nitrogens with zero attached hydrogens (tertiary/aromatic N) is 7. The Balaban J connectivity index is 0.625. The number of aromatic nitrogens is 3. The second kappa shape index (κ2) is 34.5. The zero-order valence-corrected chi connectivity index (χ0v) is 53.3. The van der Waals surface area contributed by atoms with E-state index in [1.165, 1.54) is 17.7 Å². The highest BCUT2D eigenvalue weighted by Crippen LogP contribution is 2.38. The second-order valence-electron chi connectivity index (χ2n) is 24.3. The number of methoxy groups -OCH3 is 1. The lowest BCUT2D eigenvalue weighted by Crippen LogP contribution is -2.58. The van der Waals surface area contributed by atoms with Crippen molar-refractivity contribution in [3.8, 4) is 21.9 Å². The summed E-state index contributed by atoms with van der Waals surface area (Å²) in [6.07, 6.45) is 4.63. The Morgan fingerprint density at radius 3 is 2.03 bits per heavy atom. The third-order valence-electron chi connectivity index (χ3n) is 16.4. The van der Waals surface area contributed by atoms with Crippen molar-refractivity contribution < 1.29 is 66.2 Å². The molecule has 4 saturated heterocycles. The average molecular weight is 1270 g/mol. The summed E-state index contributed by atoms with van der Waals surface area (Å²) >= 11 is 1.57. The van der Waals surface area contributed by atoms with E-state index in [1.807, 2.05) is 69.0 Å². The lowest BCUT2D eigenvalue weighted by Gasteiger charge is -2.35. The molecule has 3 atom stereocenters. The van der Waals surface area contributed by atoms with Crippen molar-refractivity contribution >= 4 is 57.6 Å². The summed E-state index contributed by atoms with van der Waals surface area (Å²) in [4.78, 5) is 76.1. The van der Waals surface area contributed by atoms with Crippen LogP contribution in [0.1, 0.15) is 89.8 Å². The zero-order chi connectivity index (χ0) is 63.2. The number of hydrogen-bond acceptors (Lipinski definition) is 20. The van der Waals surface area contributed by atoms with Crippen LogP contribution in [-0.2, 0) is 49.4 Å². The third-order valence-corrected chi connectivity index (χ3v) is 17.4. The normalized spacial score (nSPS) is 18.7. The molecule has 4 aliphatic heterocycles. The minimum atomic E-state index is -2.69. The van der Waals surface area contributed by atoms with Gasteiger partial charge >= 0.3 is 0 Å². The summed E-state index contributed by atoms with van der Waals surface area (Å²) in [5.41, 5.74) is 4.64. The Labute approximate surface area is 525 Å². The molecule has 0 aliphatic carbocycles. The highest BCUT2D eigenvalue weighted by atomic mass is 32.1. The zero-order valence-electron chi connectivity index (χ0n) is 52.5. The quantitative estimate of drug-likeness (QED) is 0.0359. The number of piperidine rings is 2. The number of aryl methyl sites for hydroxylation is 1. The minimum absolute atomic E-state index is 0.0291. The van der Waals surface area contributed by atoms with Gasteiger partial charge in [-0.05, 0) is 87.7 Å². The Morgan fingerprint density at radius 1 is 0.775 bits per heavy atom. The highest BCUT2D eigenvalue weighted by Gasteiger charge is 2.44. The van der Waals surface area contributed by atoms with Gasteiger partial charge in [0.25, 0.3) is 5.92 Å². The van der Waals surface area contributed by atoms with Gasteiger partial charge < -0.3 is 79.1 Å². The van der Waals surface area contributed by atoms with Gasteiger partial charge in [0.1, 0.15) is 31.1 Å². The number of likely N-dealkylation sites (tertiary alicyclic amines) is 3. The molecule has 4 fully saturated rings. The number of carbonyl (C=O) groups excluding carboxylic acids is 4. The van der Waals surface area contributed by atoms with Crippen LogP contribution >= 0.6 is 11.3 Å². The number of aliphatic hydroxyl groups excluding tert-OH is 1. The largest absolute Gasteiger partial charge is 0.493 e. The van der Waals surface area contributed by atoms with Gasteiger partial charge in [-0.15, -0.1) is 11.3 Å². The first-order valence-corrected chi connectivity index (χ1v) is 32.4. The van der Waals surface area contributed by atoms with E-state index in [0.29, 0.717) is 75.0 Å². The lowest BCUT2D eigenvalue weighted by atomic mass is 9.85. The monoisotopic (exact) mass is 1270 g/mol. The fourth-order valence-electron chi connectivity index (χ4n) is 11.3. The molecule has 5 N–H and O–H groups in total. The smallest absolute Gasteiger partial charge is 0.251 e. The molecule has 0 saturated carbocycles. The number of aliphatic hydroxyl groups is 1. The fraction of sp³-hybridized carbons (Fsp3) is 0.667. The molecule has 2 aromatic heterocycles. The van der Waals surface area contributed by atoms with Crippen LogP contribution in [-0.4, -0.2) is 234 Å². The van der Waals surface area contributed by atoms with E-state index in [1.54, 1.807) is 24.0 Å². The van der Waals surface area contributed by atoms with Crippen LogP contribution in [0.4, 0.5) is 20.5 Å². The summed E-state index contributed by atoms with van der Waals surface area (Å²) in [6.45, 7) is 16.7. The number of carbonyl (C=O) groups is 4. The molecule has 4 amide bonds. The Hall–Kier alpha value is -5.97. The maximum Gasteiger partial charge on any atom is 0.251 e. The number of benzene rings is 2. The fourth-order valence-corrected chi connectivity index (χ4v) is 12.1. The summed E-state index contributed by atoms with van der Waals surface area (Å²) in [6, 6.07) is 9.89. The lowest BCUT2D eigenvalue weighted by molar-refractivity contribution is -0.144. The van der Waals surface area contributed by atoms with Gasteiger partial charge in [-0.3, -0.25) is 19.2 Å². The number of halogens is 2. The molecule has 4 aromatic rings. The van der Waals surface area contributed by atoms with Crippen molar-refractivity contribution in [1.29, 1.82) is 0 Å². The third kappa shape index (κ3) is 21.6. The minimum Gasteiger partial charge on any atom is -0.493 e. The summed E-state index contributed by atoms with van der Waals surface area (Å²) in [7, 11) is 1.62. The molecule has 0 bridgehead atoms. The SMILES string of the molecule is COc1cc2c(NC3CCN(CCCNC(=O)COCCOCCOCCOCCOCC(=O)N[C@H](C(=O)N4C[C@H](O)C[C@H]4C(=O)NCc4ccc(-c5scnc5C)cc4)C(C)(C)C)CC3)nc(N3CCC(F)(F)CC3)nc2cc1OCCCN1CCCC1. The van der Waals surface area contributed by atoms with Crippen molar-refractivity contribution in [1.82, 2.24) is 45.6 Å². The van der Waals surface area contributed by atoms with Crippen LogP contribution in [0.15, 0.2) is 41.9 Å². The molecule has 2 aromatic carbocycles. The van der Waals surface area contributed by atoms with Crippen LogP contribution in [0, 0.1) is 12.3 Å².